The summed E-state index contributed by atoms with van der Waals surface area (Å²) >= 11 is 0. The van der Waals surface area contributed by atoms with Crippen molar-refractivity contribution >= 4 is 25.4 Å². The van der Waals surface area contributed by atoms with Crippen LogP contribution in [0.3, 0.4) is 0 Å². The maximum Gasteiger partial charge on any atom is 0.311 e. The first-order valence-electron chi connectivity index (χ1n) is 14.5. The Morgan fingerprint density at radius 1 is 1.27 bits per heavy atom. The fourth-order valence-electron chi connectivity index (χ4n) is 6.50. The number of nitrogens with zero attached hydrogens (tertiary/aromatic N) is 3. The van der Waals surface area contributed by atoms with Crippen LogP contribution in [0.25, 0.3) is 0 Å². The van der Waals surface area contributed by atoms with E-state index in [4.69, 9.17) is 23.6 Å². The Morgan fingerprint density at radius 3 is 2.60 bits per heavy atom. The SMILES string of the molecule is CC[C@@H]1CN2CC[C@@]3(OCCO[Si](C)(C)C(C)(C)C)C(=Nc4ccc([N+](=O)[O-])c(OC)c43)[C@@H]2C[C@@H]1C(C)=COC. The Labute approximate surface area is 240 Å². The molecule has 0 aromatic heterocycles. The van der Waals surface area contributed by atoms with Crippen molar-refractivity contribution in [2.45, 2.75) is 83.7 Å². The molecule has 0 unspecified atom stereocenters. The summed E-state index contributed by atoms with van der Waals surface area (Å²) in [7, 11) is 1.23. The molecule has 40 heavy (non-hydrogen) atoms. The number of benzene rings is 1. The first-order valence-corrected chi connectivity index (χ1v) is 17.4. The number of fused-ring (bicyclic) bond motifs is 5. The standard InChI is InChI=1S/C30H47N3O6Si/c1-10-21-18-32-14-13-30(38-15-16-39-40(8,9)29(3,4)5)26-23(11-12-24(33(34)35)27(26)37-7)31-28(30)25(32)17-22(21)20(2)19-36-6/h11-12,19,21-22,25H,10,13-18H2,1-9H3/t21-,22-,25+,30+/m1/s1. The fraction of sp³-hybridized carbons (Fsp3) is 0.700. The Kier molecular flexibility index (Phi) is 8.85. The minimum Gasteiger partial charge on any atom is -0.504 e. The van der Waals surface area contributed by atoms with Crippen molar-refractivity contribution in [3.63, 3.8) is 0 Å². The molecule has 222 valence electrons. The lowest BCUT2D eigenvalue weighted by Crippen LogP contribution is -2.61. The highest BCUT2D eigenvalue weighted by molar-refractivity contribution is 6.74. The lowest BCUT2D eigenvalue weighted by molar-refractivity contribution is -0.385. The monoisotopic (exact) mass is 573 g/mol. The van der Waals surface area contributed by atoms with Gasteiger partial charge in [0.25, 0.3) is 0 Å². The molecule has 0 aliphatic carbocycles. The molecule has 3 heterocycles. The Morgan fingerprint density at radius 2 is 2.00 bits per heavy atom. The van der Waals surface area contributed by atoms with Crippen LogP contribution in [0.1, 0.15) is 59.4 Å². The highest BCUT2D eigenvalue weighted by Crippen LogP contribution is 2.55. The quantitative estimate of drug-likeness (QED) is 0.102. The molecule has 4 atom stereocenters. The molecular weight excluding hydrogens is 526 g/mol. The fourth-order valence-corrected chi connectivity index (χ4v) is 7.53. The summed E-state index contributed by atoms with van der Waals surface area (Å²) in [6.07, 6.45) is 4.50. The van der Waals surface area contributed by atoms with E-state index in [1.807, 2.05) is 6.26 Å². The van der Waals surface area contributed by atoms with Crippen molar-refractivity contribution in [1.29, 1.82) is 0 Å². The number of nitro benzene ring substituents is 1. The summed E-state index contributed by atoms with van der Waals surface area (Å²) in [4.78, 5) is 19.3. The van der Waals surface area contributed by atoms with Gasteiger partial charge in [-0.2, -0.15) is 0 Å². The van der Waals surface area contributed by atoms with Gasteiger partial charge < -0.3 is 18.6 Å². The molecule has 0 bridgehead atoms. The van der Waals surface area contributed by atoms with E-state index in [2.05, 4.69) is 52.6 Å². The topological polar surface area (TPSA) is 95.7 Å². The predicted octanol–water partition coefficient (Wildman–Crippen LogP) is 6.59. The zero-order valence-electron chi connectivity index (χ0n) is 25.7. The van der Waals surface area contributed by atoms with Crippen LogP contribution in [0.15, 0.2) is 29.0 Å². The van der Waals surface area contributed by atoms with E-state index >= 15 is 0 Å². The molecule has 0 N–H and O–H groups in total. The van der Waals surface area contributed by atoms with Gasteiger partial charge in [0.15, 0.2) is 8.32 Å². The van der Waals surface area contributed by atoms with Gasteiger partial charge in [-0.05, 0) is 61.4 Å². The molecule has 3 aliphatic heterocycles. The largest absolute Gasteiger partial charge is 0.504 e. The number of methoxy groups -OCH3 is 2. The second-order valence-corrected chi connectivity index (χ2v) is 17.7. The lowest BCUT2D eigenvalue weighted by atomic mass is 9.70. The maximum absolute atomic E-state index is 12.0. The molecule has 4 rings (SSSR count). The predicted molar refractivity (Wildman–Crippen MR) is 160 cm³/mol. The van der Waals surface area contributed by atoms with E-state index < -0.39 is 13.9 Å². The van der Waals surface area contributed by atoms with Crippen molar-refractivity contribution < 1.29 is 23.6 Å². The zero-order chi connectivity index (χ0) is 29.5. The van der Waals surface area contributed by atoms with Crippen molar-refractivity contribution in [3.05, 3.63) is 39.6 Å². The normalized spacial score (nSPS) is 27.0. The van der Waals surface area contributed by atoms with E-state index in [-0.39, 0.29) is 27.4 Å². The van der Waals surface area contributed by atoms with E-state index in [1.165, 1.54) is 18.7 Å². The molecule has 0 radical (unpaired) electrons. The number of piperidine rings is 2. The number of aliphatic imine (C=N–C) groups is 1. The molecule has 0 saturated carbocycles. The molecule has 2 saturated heterocycles. The smallest absolute Gasteiger partial charge is 0.311 e. The second-order valence-electron chi connectivity index (χ2n) is 12.9. The molecule has 0 amide bonds. The number of allylic oxidation sites excluding steroid dienone is 1. The van der Waals surface area contributed by atoms with Gasteiger partial charge in [-0.1, -0.05) is 34.1 Å². The van der Waals surface area contributed by atoms with Crippen molar-refractivity contribution in [2.24, 2.45) is 16.8 Å². The number of rotatable bonds is 10. The summed E-state index contributed by atoms with van der Waals surface area (Å²) in [6.45, 7) is 18.1. The maximum atomic E-state index is 12.0. The molecule has 1 aromatic carbocycles. The van der Waals surface area contributed by atoms with Crippen LogP contribution in [0.2, 0.25) is 18.1 Å². The van der Waals surface area contributed by atoms with Crippen LogP contribution in [0.5, 0.6) is 5.75 Å². The second kappa shape index (κ2) is 11.5. The van der Waals surface area contributed by atoms with E-state index in [9.17, 15) is 10.1 Å². The summed E-state index contributed by atoms with van der Waals surface area (Å²) in [5, 5.41) is 12.1. The Bertz CT molecular complexity index is 1180. The van der Waals surface area contributed by atoms with Gasteiger partial charge in [0.1, 0.15) is 5.60 Å². The van der Waals surface area contributed by atoms with Gasteiger partial charge in [0, 0.05) is 19.2 Å². The number of nitro groups is 1. The van der Waals surface area contributed by atoms with Crippen LogP contribution < -0.4 is 4.74 Å². The van der Waals surface area contributed by atoms with Gasteiger partial charge in [-0.25, -0.2) is 0 Å². The molecule has 3 aliphatic rings. The van der Waals surface area contributed by atoms with Crippen LogP contribution in [-0.4, -0.2) is 70.4 Å². The van der Waals surface area contributed by atoms with E-state index in [1.54, 1.807) is 13.2 Å². The number of hydrogen-bond acceptors (Lipinski definition) is 8. The molecule has 1 aromatic rings. The van der Waals surface area contributed by atoms with Gasteiger partial charge >= 0.3 is 5.69 Å². The average Bonchev–Trinajstić information content (AvgIpc) is 3.24. The molecule has 2 fully saturated rings. The third-order valence-corrected chi connectivity index (χ3v) is 14.2. The minimum absolute atomic E-state index is 0.0548. The third-order valence-electron chi connectivity index (χ3n) is 9.71. The summed E-state index contributed by atoms with van der Waals surface area (Å²) in [5.41, 5.74) is 2.59. The zero-order valence-corrected chi connectivity index (χ0v) is 26.7. The highest BCUT2D eigenvalue weighted by atomic mass is 28.4. The molecule has 9 nitrogen and oxygen atoms in total. The molecule has 0 spiro atoms. The molecular formula is C30H47N3O6Si. The number of ether oxygens (including phenoxy) is 3. The first kappa shape index (κ1) is 30.7. The third kappa shape index (κ3) is 5.35. The highest BCUT2D eigenvalue weighted by Gasteiger charge is 2.56. The summed E-state index contributed by atoms with van der Waals surface area (Å²) in [5.74, 6) is 1.12. The molecule has 10 heteroatoms. The van der Waals surface area contributed by atoms with E-state index in [0.29, 0.717) is 42.7 Å². The first-order chi connectivity index (χ1) is 18.8. The van der Waals surface area contributed by atoms with Crippen LogP contribution in [0, 0.1) is 22.0 Å². The summed E-state index contributed by atoms with van der Waals surface area (Å²) < 4.78 is 24.4. The van der Waals surface area contributed by atoms with Crippen LogP contribution in [-0.2, 0) is 19.5 Å². The van der Waals surface area contributed by atoms with Gasteiger partial charge in [0.2, 0.25) is 5.75 Å². The van der Waals surface area contributed by atoms with Gasteiger partial charge in [0.05, 0.1) is 61.6 Å². The average molecular weight is 574 g/mol. The minimum atomic E-state index is -1.96. The van der Waals surface area contributed by atoms with Crippen LogP contribution >= 0.6 is 0 Å². The van der Waals surface area contributed by atoms with Gasteiger partial charge in [-0.15, -0.1) is 0 Å². The Hall–Kier alpha value is -2.27. The van der Waals surface area contributed by atoms with Crippen molar-refractivity contribution in [1.82, 2.24) is 4.90 Å². The number of hydrogen-bond donors (Lipinski definition) is 0. The lowest BCUT2D eigenvalue weighted by Gasteiger charge is -2.51. The van der Waals surface area contributed by atoms with Gasteiger partial charge in [-0.3, -0.25) is 20.0 Å². The van der Waals surface area contributed by atoms with E-state index in [0.717, 1.165) is 31.6 Å². The summed E-state index contributed by atoms with van der Waals surface area (Å²) in [6, 6.07) is 3.29. The Balaban J connectivity index is 1.73. The van der Waals surface area contributed by atoms with Crippen LogP contribution in [0.4, 0.5) is 11.4 Å². The van der Waals surface area contributed by atoms with Crippen molar-refractivity contribution in [2.75, 3.05) is 40.5 Å². The van der Waals surface area contributed by atoms with Crippen molar-refractivity contribution in [3.8, 4) is 5.75 Å².